The second kappa shape index (κ2) is 91.2. The van der Waals surface area contributed by atoms with Crippen LogP contribution in [0.1, 0.15) is 0 Å². The minimum absolute atomic E-state index is 0. The second-order valence-electron chi connectivity index (χ2n) is 0. The van der Waals surface area contributed by atoms with Crippen LogP contribution < -0.4 is 24.8 Å². The van der Waals surface area contributed by atoms with Gasteiger partial charge in [-0.05, 0) is 0 Å². The van der Waals surface area contributed by atoms with Crippen LogP contribution >= 0.6 is 0 Å². The monoisotopic (exact) mass is 120 g/mol. The van der Waals surface area contributed by atoms with Crippen molar-refractivity contribution in [2.45, 2.75) is 0 Å². The number of halogens is 2. The zero-order valence-corrected chi connectivity index (χ0v) is 5.54. The predicted molar refractivity (Wildman–Crippen MR) is 15.6 cm³/mol. The molecule has 0 amide bonds. The van der Waals surface area contributed by atoms with Gasteiger partial charge >= 0.3 is 23.1 Å². The fourth-order valence-corrected chi connectivity index (χ4v) is 0. The van der Waals surface area contributed by atoms with Crippen LogP contribution in [0, 0.1) is 12.8 Å². The quantitative estimate of drug-likeness (QED) is 0.221. The van der Waals surface area contributed by atoms with Gasteiger partial charge in [0.25, 0.3) is 0 Å². The average Bonchev–Trinajstić information content (AvgIpc) is 1.00. The number of terminal acetylenes is 1. The van der Waals surface area contributed by atoms with Crippen LogP contribution in [-0.4, -0.2) is 23.1 Å². The summed E-state index contributed by atoms with van der Waals surface area (Å²) >= 11 is 0. The molecule has 0 unspecified atom stereocenters. The van der Waals surface area contributed by atoms with Gasteiger partial charge in [0.05, 0.1) is 0 Å². The largest absolute Gasteiger partial charge is 2.00 e. The van der Waals surface area contributed by atoms with Gasteiger partial charge in [0, 0.05) is 0 Å². The first-order chi connectivity index (χ1) is 1.00. The predicted octanol–water partition coefficient (Wildman–Crippen LogP) is -6.12. The van der Waals surface area contributed by atoms with Crippen molar-refractivity contribution in [2.24, 2.45) is 0 Å². The molecule has 0 nitrogen and oxygen atoms in total. The van der Waals surface area contributed by atoms with Gasteiger partial charge in [-0.15, -0.1) is 12.8 Å². The van der Waals surface area contributed by atoms with Crippen molar-refractivity contribution in [3.05, 3.63) is 0 Å². The molecule has 0 aliphatic heterocycles. The van der Waals surface area contributed by atoms with E-state index in [4.69, 9.17) is 0 Å². The Morgan fingerprint density at radius 3 is 0.800 bits per heavy atom. The van der Waals surface area contributed by atoms with E-state index in [9.17, 15) is 0 Å². The summed E-state index contributed by atoms with van der Waals surface area (Å²) in [5.74, 6) is 0. The van der Waals surface area contributed by atoms with Gasteiger partial charge in [-0.2, -0.15) is 0 Å². The first-order valence-corrected chi connectivity index (χ1v) is 0.333. The molecule has 0 aromatic heterocycles. The van der Waals surface area contributed by atoms with Crippen LogP contribution in [0.15, 0.2) is 0 Å². The molecule has 0 bridgehead atoms. The van der Waals surface area contributed by atoms with Crippen molar-refractivity contribution in [3.8, 4) is 12.8 Å². The molecule has 0 aliphatic rings. The molecule has 26 valence electrons. The Kier molecular flexibility index (Phi) is 713. The fourth-order valence-electron chi connectivity index (χ4n) is 0. The molecule has 0 spiro atoms. The SMILES string of the molecule is C#C.[Cl-].[Cl-].[Mg+2]. The maximum atomic E-state index is 4.00. The summed E-state index contributed by atoms with van der Waals surface area (Å²) in [5.41, 5.74) is 0. The Bertz CT molecular complexity index is 12.4. The normalized spacial score (nSPS) is 0.400. The minimum atomic E-state index is 0. The van der Waals surface area contributed by atoms with Crippen molar-refractivity contribution >= 4 is 23.1 Å². The summed E-state index contributed by atoms with van der Waals surface area (Å²) in [6, 6.07) is 0. The Balaban J connectivity index is -0.00000000167. The molecular formula is C2H2Cl2Mg. The molecule has 0 rings (SSSR count). The van der Waals surface area contributed by atoms with Gasteiger partial charge in [0.1, 0.15) is 0 Å². The van der Waals surface area contributed by atoms with Crippen molar-refractivity contribution in [1.29, 1.82) is 0 Å². The van der Waals surface area contributed by atoms with E-state index >= 15 is 0 Å². The van der Waals surface area contributed by atoms with E-state index in [1.165, 1.54) is 0 Å². The number of hydrogen-bond donors (Lipinski definition) is 0. The first kappa shape index (κ1) is 39.1. The summed E-state index contributed by atoms with van der Waals surface area (Å²) < 4.78 is 0. The zero-order valence-electron chi connectivity index (χ0n) is 2.62. The van der Waals surface area contributed by atoms with Crippen molar-refractivity contribution in [1.82, 2.24) is 0 Å². The van der Waals surface area contributed by atoms with Gasteiger partial charge in [0.2, 0.25) is 0 Å². The molecule has 0 aromatic rings. The molecule has 3 heteroatoms. The van der Waals surface area contributed by atoms with E-state index in [2.05, 4.69) is 12.8 Å². The third-order valence-corrected chi connectivity index (χ3v) is 0. The third-order valence-electron chi connectivity index (χ3n) is 0. The van der Waals surface area contributed by atoms with Crippen LogP contribution in [0.3, 0.4) is 0 Å². The van der Waals surface area contributed by atoms with E-state index < -0.39 is 0 Å². The average molecular weight is 121 g/mol. The topological polar surface area (TPSA) is 0 Å². The van der Waals surface area contributed by atoms with E-state index in [1.54, 1.807) is 0 Å². The fraction of sp³-hybridized carbons (Fsp3) is 0. The standard InChI is InChI=1S/C2H2.2ClH.Mg/c1-2;;;/h1-2H;2*1H;/q;;;+2/p-2. The van der Waals surface area contributed by atoms with E-state index in [0.29, 0.717) is 0 Å². The Labute approximate surface area is 60.7 Å². The summed E-state index contributed by atoms with van der Waals surface area (Å²) in [7, 11) is 0. The third kappa shape index (κ3) is 50.5. The maximum absolute atomic E-state index is 4.00. The van der Waals surface area contributed by atoms with Crippen LogP contribution in [-0.2, 0) is 0 Å². The Hall–Kier alpha value is 0.906. The molecule has 0 aromatic carbocycles. The molecule has 5 heavy (non-hydrogen) atoms. The summed E-state index contributed by atoms with van der Waals surface area (Å²) in [6.07, 6.45) is 8.00. The molecule has 0 fully saturated rings. The molecule has 0 radical (unpaired) electrons. The smallest absolute Gasteiger partial charge is 1.00 e. The molecule has 0 heterocycles. The molecule has 0 aliphatic carbocycles. The van der Waals surface area contributed by atoms with Gasteiger partial charge in [-0.25, -0.2) is 0 Å². The van der Waals surface area contributed by atoms with E-state index in [0.717, 1.165) is 0 Å². The van der Waals surface area contributed by atoms with E-state index in [1.807, 2.05) is 0 Å². The maximum Gasteiger partial charge on any atom is 2.00 e. The molecule has 0 saturated heterocycles. The number of rotatable bonds is 0. The molecule has 0 N–H and O–H groups in total. The van der Waals surface area contributed by atoms with Crippen molar-refractivity contribution in [2.75, 3.05) is 0 Å². The molecular weight excluding hydrogens is 119 g/mol. The van der Waals surface area contributed by atoms with Gasteiger partial charge < -0.3 is 24.8 Å². The van der Waals surface area contributed by atoms with E-state index in [-0.39, 0.29) is 47.9 Å². The summed E-state index contributed by atoms with van der Waals surface area (Å²) in [5, 5.41) is 0. The van der Waals surface area contributed by atoms with Gasteiger partial charge in [0.15, 0.2) is 0 Å². The zero-order chi connectivity index (χ0) is 2.00. The Morgan fingerprint density at radius 2 is 0.800 bits per heavy atom. The van der Waals surface area contributed by atoms with Crippen molar-refractivity contribution in [3.63, 3.8) is 0 Å². The second-order valence-corrected chi connectivity index (χ2v) is 0. The van der Waals surface area contributed by atoms with Gasteiger partial charge in [-0.1, -0.05) is 0 Å². The first-order valence-electron chi connectivity index (χ1n) is 0.333. The molecule has 0 atom stereocenters. The van der Waals surface area contributed by atoms with Crippen molar-refractivity contribution < 1.29 is 24.8 Å². The summed E-state index contributed by atoms with van der Waals surface area (Å²) in [6.45, 7) is 0. The van der Waals surface area contributed by atoms with Crippen LogP contribution in [0.25, 0.3) is 0 Å². The van der Waals surface area contributed by atoms with Gasteiger partial charge in [-0.3, -0.25) is 0 Å². The van der Waals surface area contributed by atoms with Crippen LogP contribution in [0.4, 0.5) is 0 Å². The summed E-state index contributed by atoms with van der Waals surface area (Å²) in [4.78, 5) is 0. The minimum Gasteiger partial charge on any atom is -1.00 e. The van der Waals surface area contributed by atoms with Crippen LogP contribution in [0.2, 0.25) is 0 Å². The number of hydrogen-bond acceptors (Lipinski definition) is 0. The van der Waals surface area contributed by atoms with Crippen LogP contribution in [0.5, 0.6) is 0 Å². The molecule has 0 saturated carbocycles. The Morgan fingerprint density at radius 1 is 0.800 bits per heavy atom.